The van der Waals surface area contributed by atoms with Gasteiger partial charge in [0.05, 0.1) is 5.75 Å². The second-order valence-corrected chi connectivity index (χ2v) is 7.61. The number of amides is 1. The Hall–Kier alpha value is -3.38. The van der Waals surface area contributed by atoms with Gasteiger partial charge in [0.1, 0.15) is 0 Å². The van der Waals surface area contributed by atoms with Gasteiger partial charge in [0.15, 0.2) is 11.0 Å². The summed E-state index contributed by atoms with van der Waals surface area (Å²) in [5.74, 6) is 1.00. The second-order valence-electron chi connectivity index (χ2n) is 6.66. The first kappa shape index (κ1) is 19.9. The molecule has 0 bridgehead atoms. The molecule has 0 aliphatic heterocycles. The maximum atomic E-state index is 12.7. The van der Waals surface area contributed by atoms with Gasteiger partial charge in [-0.05, 0) is 18.6 Å². The Labute approximate surface area is 180 Å². The van der Waals surface area contributed by atoms with Crippen LogP contribution in [0, 0.1) is 0 Å². The number of rotatable bonds is 7. The average Bonchev–Trinajstić information content (AvgIpc) is 3.22. The Morgan fingerprint density at radius 3 is 2.20 bits per heavy atom. The monoisotopic (exact) mass is 414 g/mol. The van der Waals surface area contributed by atoms with E-state index in [2.05, 4.69) is 22.4 Å². The molecule has 150 valence electrons. The molecule has 0 aliphatic rings. The van der Waals surface area contributed by atoms with Crippen molar-refractivity contribution in [1.82, 2.24) is 14.8 Å². The van der Waals surface area contributed by atoms with Crippen molar-refractivity contribution in [3.05, 3.63) is 84.9 Å². The number of carbonyl (C=O) groups excluding carboxylic acids is 1. The van der Waals surface area contributed by atoms with Crippen LogP contribution in [0.4, 0.5) is 5.69 Å². The first-order valence-corrected chi connectivity index (χ1v) is 10.8. The van der Waals surface area contributed by atoms with E-state index in [0.29, 0.717) is 0 Å². The van der Waals surface area contributed by atoms with Gasteiger partial charge >= 0.3 is 0 Å². The molecular formula is C24H22N4OS. The van der Waals surface area contributed by atoms with Crippen LogP contribution in [0.25, 0.3) is 22.5 Å². The smallest absolute Gasteiger partial charge is 0.234 e. The minimum atomic E-state index is -0.0738. The van der Waals surface area contributed by atoms with Crippen LogP contribution < -0.4 is 5.32 Å². The van der Waals surface area contributed by atoms with Crippen molar-refractivity contribution in [2.75, 3.05) is 11.1 Å². The molecule has 1 N–H and O–H groups in total. The number of nitrogens with zero attached hydrogens (tertiary/aromatic N) is 3. The topological polar surface area (TPSA) is 59.8 Å². The first-order chi connectivity index (χ1) is 14.8. The quantitative estimate of drug-likeness (QED) is 0.414. The zero-order chi connectivity index (χ0) is 20.8. The van der Waals surface area contributed by atoms with Crippen molar-refractivity contribution in [2.45, 2.75) is 18.6 Å². The van der Waals surface area contributed by atoms with Crippen LogP contribution in [0.15, 0.2) is 90.1 Å². The van der Waals surface area contributed by atoms with Crippen molar-refractivity contribution < 1.29 is 4.79 Å². The van der Waals surface area contributed by atoms with Gasteiger partial charge in [-0.2, -0.15) is 0 Å². The molecule has 0 atom stereocenters. The maximum Gasteiger partial charge on any atom is 0.234 e. The van der Waals surface area contributed by atoms with Crippen LogP contribution in [0.3, 0.4) is 0 Å². The highest BCUT2D eigenvalue weighted by atomic mass is 32.2. The number of hydrogen-bond donors (Lipinski definition) is 1. The lowest BCUT2D eigenvalue weighted by Gasteiger charge is -2.11. The van der Waals surface area contributed by atoms with Gasteiger partial charge < -0.3 is 9.88 Å². The van der Waals surface area contributed by atoms with E-state index in [0.717, 1.165) is 39.9 Å². The number of hydrogen-bond acceptors (Lipinski definition) is 4. The Morgan fingerprint density at radius 2 is 1.50 bits per heavy atom. The van der Waals surface area contributed by atoms with Crippen molar-refractivity contribution in [1.29, 1.82) is 0 Å². The summed E-state index contributed by atoms with van der Waals surface area (Å²) in [5.41, 5.74) is 3.88. The maximum absolute atomic E-state index is 12.7. The molecule has 6 heteroatoms. The predicted octanol–water partition coefficient (Wildman–Crippen LogP) is 5.36. The van der Waals surface area contributed by atoms with Gasteiger partial charge in [0.2, 0.25) is 5.91 Å². The highest BCUT2D eigenvalue weighted by molar-refractivity contribution is 7.99. The van der Waals surface area contributed by atoms with Gasteiger partial charge in [-0.1, -0.05) is 90.6 Å². The standard InChI is InChI=1S/C24H22N4OS/c1-2-28-23(19-13-7-4-8-14-19)26-27-24(28)30-17-22(29)25-21-16-10-9-15-20(21)18-11-5-3-6-12-18/h3-16H,2,17H2,1H3,(H,25,29). The third-order valence-electron chi connectivity index (χ3n) is 4.68. The summed E-state index contributed by atoms with van der Waals surface area (Å²) in [4.78, 5) is 12.7. The number of carbonyl (C=O) groups is 1. The first-order valence-electron chi connectivity index (χ1n) is 9.82. The van der Waals surface area contributed by atoms with Crippen LogP contribution >= 0.6 is 11.8 Å². The van der Waals surface area contributed by atoms with E-state index in [1.54, 1.807) is 0 Å². The van der Waals surface area contributed by atoms with E-state index in [9.17, 15) is 4.79 Å². The number of benzene rings is 3. The minimum absolute atomic E-state index is 0.0738. The van der Waals surface area contributed by atoms with Gasteiger partial charge in [-0.15, -0.1) is 10.2 Å². The fourth-order valence-electron chi connectivity index (χ4n) is 3.26. The van der Waals surface area contributed by atoms with Gasteiger partial charge in [0.25, 0.3) is 0 Å². The fraction of sp³-hybridized carbons (Fsp3) is 0.125. The SMILES string of the molecule is CCn1c(SCC(=O)Nc2ccccc2-c2ccccc2)nnc1-c1ccccc1. The summed E-state index contributed by atoms with van der Waals surface area (Å²) in [6.07, 6.45) is 0. The summed E-state index contributed by atoms with van der Waals surface area (Å²) >= 11 is 1.39. The van der Waals surface area contributed by atoms with E-state index in [1.165, 1.54) is 11.8 Å². The summed E-state index contributed by atoms with van der Waals surface area (Å²) in [6, 6.07) is 27.8. The third-order valence-corrected chi connectivity index (χ3v) is 5.65. The van der Waals surface area contributed by atoms with Crippen LogP contribution in [0.5, 0.6) is 0 Å². The molecule has 30 heavy (non-hydrogen) atoms. The highest BCUT2D eigenvalue weighted by Gasteiger charge is 2.15. The zero-order valence-electron chi connectivity index (χ0n) is 16.7. The molecule has 0 saturated heterocycles. The van der Waals surface area contributed by atoms with E-state index in [1.807, 2.05) is 89.5 Å². The molecule has 0 radical (unpaired) electrons. The average molecular weight is 415 g/mol. The van der Waals surface area contributed by atoms with Crippen LogP contribution in [-0.2, 0) is 11.3 Å². The Balaban J connectivity index is 1.46. The van der Waals surface area contributed by atoms with Crippen molar-refractivity contribution in [3.63, 3.8) is 0 Å². The lowest BCUT2D eigenvalue weighted by molar-refractivity contribution is -0.113. The van der Waals surface area contributed by atoms with Crippen molar-refractivity contribution >= 4 is 23.4 Å². The number of anilines is 1. The summed E-state index contributed by atoms with van der Waals surface area (Å²) in [7, 11) is 0. The third kappa shape index (κ3) is 4.44. The van der Waals surface area contributed by atoms with Gasteiger partial charge in [0, 0.05) is 23.4 Å². The van der Waals surface area contributed by atoms with Crippen molar-refractivity contribution in [2.24, 2.45) is 0 Å². The van der Waals surface area contributed by atoms with Crippen molar-refractivity contribution in [3.8, 4) is 22.5 Å². The number of nitrogens with one attached hydrogen (secondary N) is 1. The molecule has 1 heterocycles. The van der Waals surface area contributed by atoms with Crippen LogP contribution in [-0.4, -0.2) is 26.4 Å². The Kier molecular flexibility index (Phi) is 6.25. The zero-order valence-corrected chi connectivity index (χ0v) is 17.5. The molecule has 0 saturated carbocycles. The molecule has 0 aliphatic carbocycles. The molecule has 1 aromatic heterocycles. The Bertz CT molecular complexity index is 1130. The van der Waals surface area contributed by atoms with E-state index < -0.39 is 0 Å². The molecule has 5 nitrogen and oxygen atoms in total. The lowest BCUT2D eigenvalue weighted by atomic mass is 10.0. The van der Waals surface area contributed by atoms with E-state index in [4.69, 9.17) is 0 Å². The summed E-state index contributed by atoms with van der Waals surface area (Å²) in [6.45, 7) is 2.79. The molecular weight excluding hydrogens is 392 g/mol. The van der Waals surface area contributed by atoms with E-state index in [-0.39, 0.29) is 11.7 Å². The summed E-state index contributed by atoms with van der Waals surface area (Å²) < 4.78 is 2.03. The molecule has 0 unspecified atom stereocenters. The Morgan fingerprint density at radius 1 is 0.867 bits per heavy atom. The van der Waals surface area contributed by atoms with Crippen LogP contribution in [0.1, 0.15) is 6.92 Å². The lowest BCUT2D eigenvalue weighted by Crippen LogP contribution is -2.15. The normalized spacial score (nSPS) is 10.7. The van der Waals surface area contributed by atoms with Gasteiger partial charge in [-0.3, -0.25) is 4.79 Å². The fourth-order valence-corrected chi connectivity index (χ4v) is 4.06. The molecule has 4 aromatic rings. The second kappa shape index (κ2) is 9.41. The predicted molar refractivity (Wildman–Crippen MR) is 122 cm³/mol. The highest BCUT2D eigenvalue weighted by Crippen LogP contribution is 2.28. The molecule has 0 fully saturated rings. The largest absolute Gasteiger partial charge is 0.325 e. The number of aromatic nitrogens is 3. The number of para-hydroxylation sites is 1. The van der Waals surface area contributed by atoms with Gasteiger partial charge in [-0.25, -0.2) is 0 Å². The summed E-state index contributed by atoms with van der Waals surface area (Å²) in [5, 5.41) is 12.4. The number of thioether (sulfide) groups is 1. The minimum Gasteiger partial charge on any atom is -0.325 e. The molecule has 4 rings (SSSR count). The van der Waals surface area contributed by atoms with Crippen LogP contribution in [0.2, 0.25) is 0 Å². The van der Waals surface area contributed by atoms with E-state index >= 15 is 0 Å². The molecule has 1 amide bonds. The molecule has 0 spiro atoms. The molecule has 3 aromatic carbocycles.